The first-order valence-electron chi connectivity index (χ1n) is 14.2. The van der Waals surface area contributed by atoms with Gasteiger partial charge in [-0.1, -0.05) is 110 Å². The van der Waals surface area contributed by atoms with E-state index in [2.05, 4.69) is 13.8 Å². The normalized spacial score (nSPS) is 13.4. The number of unbranched alkanes of at least 4 members (excludes halogenated alkanes) is 15. The zero-order valence-corrected chi connectivity index (χ0v) is 22.2. The lowest BCUT2D eigenvalue weighted by molar-refractivity contribution is -0.144. The molecule has 0 fully saturated rings. The van der Waals surface area contributed by atoms with Crippen molar-refractivity contribution in [1.29, 1.82) is 0 Å². The minimum Gasteiger partial charge on any atom is -0.466 e. The molecule has 0 bridgehead atoms. The Kier molecular flexibility index (Phi) is 18.5. The van der Waals surface area contributed by atoms with Crippen LogP contribution in [0, 0.1) is 5.92 Å². The van der Waals surface area contributed by atoms with Gasteiger partial charge in [-0.25, -0.2) is 0 Å². The fourth-order valence-corrected chi connectivity index (χ4v) is 4.40. The molecule has 0 N–H and O–H groups in total. The van der Waals surface area contributed by atoms with Gasteiger partial charge < -0.3 is 4.74 Å². The quantitative estimate of drug-likeness (QED) is 0.0867. The molecular formula is C29H51NO4. The largest absolute Gasteiger partial charge is 0.466 e. The number of carbonyl (C=O) groups is 3. The Morgan fingerprint density at radius 1 is 0.676 bits per heavy atom. The summed E-state index contributed by atoms with van der Waals surface area (Å²) in [4.78, 5) is 35.9. The van der Waals surface area contributed by atoms with E-state index >= 15 is 0 Å². The Labute approximate surface area is 209 Å². The summed E-state index contributed by atoms with van der Waals surface area (Å²) in [5, 5.41) is 0. The predicted molar refractivity (Wildman–Crippen MR) is 139 cm³/mol. The molecule has 0 saturated heterocycles. The second kappa shape index (κ2) is 20.7. The van der Waals surface area contributed by atoms with Crippen LogP contribution in [0.15, 0.2) is 12.2 Å². The summed E-state index contributed by atoms with van der Waals surface area (Å²) >= 11 is 0. The first-order valence-corrected chi connectivity index (χ1v) is 14.2. The highest BCUT2D eigenvalue weighted by Crippen LogP contribution is 2.15. The summed E-state index contributed by atoms with van der Waals surface area (Å²) in [6.07, 6.45) is 25.3. The van der Waals surface area contributed by atoms with Gasteiger partial charge in [0.1, 0.15) is 0 Å². The van der Waals surface area contributed by atoms with Crippen molar-refractivity contribution < 1.29 is 19.1 Å². The van der Waals surface area contributed by atoms with Gasteiger partial charge in [-0.05, 0) is 25.2 Å². The summed E-state index contributed by atoms with van der Waals surface area (Å²) in [5.41, 5.74) is 0. The van der Waals surface area contributed by atoms with Crippen LogP contribution in [0.25, 0.3) is 0 Å². The van der Waals surface area contributed by atoms with Crippen LogP contribution in [0.5, 0.6) is 0 Å². The molecule has 1 rings (SSSR count). The topological polar surface area (TPSA) is 63.7 Å². The van der Waals surface area contributed by atoms with Gasteiger partial charge in [-0.2, -0.15) is 0 Å². The minimum absolute atomic E-state index is 0.134. The van der Waals surface area contributed by atoms with Crippen molar-refractivity contribution in [3.05, 3.63) is 12.2 Å². The van der Waals surface area contributed by atoms with E-state index in [1.54, 1.807) is 0 Å². The van der Waals surface area contributed by atoms with Crippen molar-refractivity contribution in [3.8, 4) is 0 Å². The van der Waals surface area contributed by atoms with E-state index in [0.717, 1.165) is 38.0 Å². The summed E-state index contributed by atoms with van der Waals surface area (Å²) in [5.74, 6) is 0.249. The fraction of sp³-hybridized carbons (Fsp3) is 0.828. The maximum absolute atomic E-state index is 11.8. The van der Waals surface area contributed by atoms with Gasteiger partial charge in [0.25, 0.3) is 11.8 Å². The number of nitrogens with zero attached hydrogens (tertiary/aromatic N) is 1. The SMILES string of the molecule is CC(C)CCCCCCCCCCCCCCCCOC(=O)CCCCCN1C(=O)C=CC1=O. The second-order valence-electron chi connectivity index (χ2n) is 10.3. The molecule has 0 aliphatic carbocycles. The molecule has 34 heavy (non-hydrogen) atoms. The van der Waals surface area contributed by atoms with E-state index in [9.17, 15) is 14.4 Å². The molecule has 5 heteroatoms. The smallest absolute Gasteiger partial charge is 0.305 e. The lowest BCUT2D eigenvalue weighted by atomic mass is 10.0. The standard InChI is InChI=1S/C29H51NO4/c1-26(2)20-16-13-11-9-7-5-3-4-6-8-10-12-14-19-25-34-29(33)21-17-15-18-24-30-27(31)22-23-28(30)32/h22-23,26H,3-21,24-25H2,1-2H3. The van der Waals surface area contributed by atoms with Crippen LogP contribution in [-0.2, 0) is 19.1 Å². The number of hydrogen-bond acceptors (Lipinski definition) is 4. The molecule has 0 unspecified atom stereocenters. The molecule has 0 saturated carbocycles. The number of amides is 2. The van der Waals surface area contributed by atoms with Crippen molar-refractivity contribution >= 4 is 17.8 Å². The summed E-state index contributed by atoms with van der Waals surface area (Å²) in [6.45, 7) is 5.59. The van der Waals surface area contributed by atoms with Gasteiger partial charge in [-0.3, -0.25) is 19.3 Å². The Balaban J connectivity index is 1.74. The third kappa shape index (κ3) is 16.9. The summed E-state index contributed by atoms with van der Waals surface area (Å²) in [6, 6.07) is 0. The van der Waals surface area contributed by atoms with E-state index in [-0.39, 0.29) is 17.8 Å². The van der Waals surface area contributed by atoms with Crippen LogP contribution >= 0.6 is 0 Å². The van der Waals surface area contributed by atoms with Crippen molar-refractivity contribution in [2.24, 2.45) is 5.92 Å². The molecular weight excluding hydrogens is 426 g/mol. The number of ether oxygens (including phenoxy) is 1. The van der Waals surface area contributed by atoms with Gasteiger partial charge in [0, 0.05) is 25.1 Å². The van der Waals surface area contributed by atoms with Crippen LogP contribution < -0.4 is 0 Å². The van der Waals surface area contributed by atoms with E-state index in [1.807, 2.05) is 0 Å². The highest BCUT2D eigenvalue weighted by atomic mass is 16.5. The van der Waals surface area contributed by atoms with Gasteiger partial charge in [0.15, 0.2) is 0 Å². The average molecular weight is 478 g/mol. The molecule has 0 spiro atoms. The molecule has 0 aromatic carbocycles. The maximum atomic E-state index is 11.8. The Hall–Kier alpha value is -1.65. The van der Waals surface area contributed by atoms with E-state index in [4.69, 9.17) is 4.74 Å². The zero-order valence-electron chi connectivity index (χ0n) is 22.2. The number of imide groups is 1. The zero-order chi connectivity index (χ0) is 24.9. The Bertz CT molecular complexity index is 567. The third-order valence-corrected chi connectivity index (χ3v) is 6.60. The number of hydrogen-bond donors (Lipinski definition) is 0. The number of esters is 1. The highest BCUT2D eigenvalue weighted by Gasteiger charge is 2.22. The molecule has 1 aliphatic heterocycles. The van der Waals surface area contributed by atoms with Crippen molar-refractivity contribution in [2.75, 3.05) is 13.2 Å². The van der Waals surface area contributed by atoms with Gasteiger partial charge >= 0.3 is 5.97 Å². The van der Waals surface area contributed by atoms with Crippen LogP contribution in [0.3, 0.4) is 0 Å². The average Bonchev–Trinajstić information content (AvgIpc) is 3.12. The monoisotopic (exact) mass is 477 g/mol. The van der Waals surface area contributed by atoms with Crippen LogP contribution in [-0.4, -0.2) is 35.8 Å². The highest BCUT2D eigenvalue weighted by molar-refractivity contribution is 6.12. The lowest BCUT2D eigenvalue weighted by Crippen LogP contribution is -2.30. The molecule has 0 aromatic heterocycles. The van der Waals surface area contributed by atoms with E-state index < -0.39 is 0 Å². The molecule has 1 heterocycles. The fourth-order valence-electron chi connectivity index (χ4n) is 4.40. The first-order chi connectivity index (χ1) is 16.5. The van der Waals surface area contributed by atoms with Crippen molar-refractivity contribution in [1.82, 2.24) is 4.90 Å². The number of carbonyl (C=O) groups excluding carboxylic acids is 3. The summed E-state index contributed by atoms with van der Waals surface area (Å²) < 4.78 is 5.31. The van der Waals surface area contributed by atoms with Gasteiger partial charge in [-0.15, -0.1) is 0 Å². The third-order valence-electron chi connectivity index (χ3n) is 6.60. The molecule has 0 atom stereocenters. The maximum Gasteiger partial charge on any atom is 0.305 e. The lowest BCUT2D eigenvalue weighted by Gasteiger charge is -2.12. The van der Waals surface area contributed by atoms with Crippen LogP contribution in [0.4, 0.5) is 0 Å². The Morgan fingerprint density at radius 3 is 1.62 bits per heavy atom. The second-order valence-corrected chi connectivity index (χ2v) is 10.3. The molecule has 0 radical (unpaired) electrons. The molecule has 2 amide bonds. The van der Waals surface area contributed by atoms with Gasteiger partial charge in [0.05, 0.1) is 6.61 Å². The number of rotatable bonds is 23. The molecule has 1 aliphatic rings. The van der Waals surface area contributed by atoms with E-state index in [1.165, 1.54) is 101 Å². The summed E-state index contributed by atoms with van der Waals surface area (Å²) in [7, 11) is 0. The molecule has 5 nitrogen and oxygen atoms in total. The first kappa shape index (κ1) is 30.4. The molecule has 0 aromatic rings. The van der Waals surface area contributed by atoms with E-state index in [0.29, 0.717) is 19.6 Å². The predicted octanol–water partition coefficient (Wildman–Crippen LogP) is 7.52. The van der Waals surface area contributed by atoms with Crippen molar-refractivity contribution in [2.45, 2.75) is 136 Å². The van der Waals surface area contributed by atoms with Crippen LogP contribution in [0.2, 0.25) is 0 Å². The Morgan fingerprint density at radius 2 is 1.12 bits per heavy atom. The molecule has 196 valence electrons. The van der Waals surface area contributed by atoms with Crippen molar-refractivity contribution in [3.63, 3.8) is 0 Å². The van der Waals surface area contributed by atoms with Gasteiger partial charge in [0.2, 0.25) is 0 Å². The van der Waals surface area contributed by atoms with Crippen LogP contribution in [0.1, 0.15) is 136 Å². The minimum atomic E-state index is -0.238.